The number of hydrogen-bond donors (Lipinski definition) is 1. The first-order valence-corrected chi connectivity index (χ1v) is 10.7. The summed E-state index contributed by atoms with van der Waals surface area (Å²) in [5.74, 6) is 0.742. The van der Waals surface area contributed by atoms with Crippen LogP contribution in [-0.4, -0.2) is 36.9 Å². The van der Waals surface area contributed by atoms with Gasteiger partial charge in [-0.05, 0) is 43.7 Å². The smallest absolute Gasteiger partial charge is 0.311 e. The van der Waals surface area contributed by atoms with Crippen molar-refractivity contribution in [1.82, 2.24) is 5.32 Å². The van der Waals surface area contributed by atoms with Crippen molar-refractivity contribution in [3.63, 3.8) is 0 Å². The van der Waals surface area contributed by atoms with Crippen LogP contribution in [0, 0.1) is 23.2 Å². The van der Waals surface area contributed by atoms with E-state index in [0.717, 1.165) is 19.4 Å². The second-order valence-electron chi connectivity index (χ2n) is 9.49. The van der Waals surface area contributed by atoms with Gasteiger partial charge in [-0.1, -0.05) is 50.6 Å². The maximum atomic E-state index is 12.6. The molecule has 0 radical (unpaired) electrons. The largest absolute Gasteiger partial charge is 0.462 e. The van der Waals surface area contributed by atoms with Crippen LogP contribution in [0.15, 0.2) is 30.3 Å². The zero-order valence-corrected chi connectivity index (χ0v) is 16.4. The number of esters is 1. The summed E-state index contributed by atoms with van der Waals surface area (Å²) in [5.41, 5.74) is 1.50. The van der Waals surface area contributed by atoms with E-state index in [9.17, 15) is 4.79 Å². The first-order chi connectivity index (χ1) is 13.1. The van der Waals surface area contributed by atoms with Crippen LogP contribution in [0.2, 0.25) is 0 Å². The molecule has 0 aromatic heterocycles. The second-order valence-corrected chi connectivity index (χ2v) is 9.49. The van der Waals surface area contributed by atoms with Gasteiger partial charge < -0.3 is 14.8 Å². The third-order valence-electron chi connectivity index (χ3n) is 7.99. The maximum Gasteiger partial charge on any atom is 0.311 e. The van der Waals surface area contributed by atoms with Gasteiger partial charge in [-0.2, -0.15) is 0 Å². The molecule has 2 aliphatic carbocycles. The summed E-state index contributed by atoms with van der Waals surface area (Å²) in [6, 6.07) is 10.5. The van der Waals surface area contributed by atoms with E-state index < -0.39 is 0 Å². The Labute approximate surface area is 162 Å². The van der Waals surface area contributed by atoms with E-state index in [0.29, 0.717) is 12.5 Å². The molecule has 1 aromatic rings. The molecule has 146 valence electrons. The molecule has 4 fully saturated rings. The fraction of sp³-hybridized carbons (Fsp3) is 0.696. The topological polar surface area (TPSA) is 50.9 Å². The summed E-state index contributed by atoms with van der Waals surface area (Å²) in [6.07, 6.45) is 5.94. The molecule has 1 spiro atoms. The molecule has 2 aliphatic heterocycles. The van der Waals surface area contributed by atoms with Gasteiger partial charge in [0.15, 0.2) is 0 Å². The van der Waals surface area contributed by atoms with E-state index in [1.165, 1.54) is 24.8 Å². The van der Waals surface area contributed by atoms with Gasteiger partial charge in [0.05, 0.1) is 12.0 Å². The van der Waals surface area contributed by atoms with Gasteiger partial charge in [-0.3, -0.25) is 4.79 Å². The monoisotopic (exact) mass is 369 g/mol. The first kappa shape index (κ1) is 17.7. The molecule has 27 heavy (non-hydrogen) atoms. The number of fused-ring (bicyclic) bond motifs is 2. The summed E-state index contributed by atoms with van der Waals surface area (Å²) in [6.45, 7) is 6.31. The summed E-state index contributed by atoms with van der Waals surface area (Å²) in [4.78, 5) is 12.6. The number of ether oxygens (including phenoxy) is 2. The zero-order valence-electron chi connectivity index (χ0n) is 16.4. The van der Waals surface area contributed by atoms with E-state index in [1.807, 2.05) is 6.07 Å². The lowest BCUT2D eigenvalue weighted by atomic mass is 9.53. The number of epoxide rings is 1. The Hall–Kier alpha value is -1.39. The predicted molar refractivity (Wildman–Crippen MR) is 103 cm³/mol. The molecular formula is C23H31NO3. The first-order valence-electron chi connectivity index (χ1n) is 10.7. The quantitative estimate of drug-likeness (QED) is 0.491. The number of benzene rings is 1. The number of rotatable bonds is 5. The molecule has 4 nitrogen and oxygen atoms in total. The van der Waals surface area contributed by atoms with Gasteiger partial charge >= 0.3 is 5.97 Å². The molecular weight excluding hydrogens is 338 g/mol. The molecule has 0 bridgehead atoms. The van der Waals surface area contributed by atoms with Gasteiger partial charge in [0.2, 0.25) is 0 Å². The normalized spacial score (nSPS) is 44.8. The lowest BCUT2D eigenvalue weighted by molar-refractivity contribution is -0.146. The summed E-state index contributed by atoms with van der Waals surface area (Å²) >= 11 is 0. The highest BCUT2D eigenvalue weighted by Gasteiger charge is 2.78. The number of hydrogen-bond acceptors (Lipinski definition) is 4. The summed E-state index contributed by atoms with van der Waals surface area (Å²) < 4.78 is 12.4. The Kier molecular flexibility index (Phi) is 4.14. The highest BCUT2D eigenvalue weighted by molar-refractivity contribution is 5.76. The molecule has 2 saturated heterocycles. The number of carbonyl (C=O) groups is 1. The van der Waals surface area contributed by atoms with E-state index >= 15 is 0 Å². The third-order valence-corrected chi connectivity index (χ3v) is 7.99. The molecule has 1 aromatic carbocycles. The average Bonchev–Trinajstić information content (AvgIpc) is 3.34. The molecule has 1 N–H and O–H groups in total. The minimum atomic E-state index is -0.0613. The molecule has 5 rings (SSSR count). The Balaban J connectivity index is 1.25. The fourth-order valence-electron chi connectivity index (χ4n) is 6.60. The summed E-state index contributed by atoms with van der Waals surface area (Å²) in [5, 5.41) is 3.51. The van der Waals surface area contributed by atoms with Crippen LogP contribution in [0.3, 0.4) is 0 Å². The van der Waals surface area contributed by atoms with Crippen molar-refractivity contribution in [2.75, 3.05) is 13.1 Å². The average molecular weight is 370 g/mol. The van der Waals surface area contributed by atoms with Gasteiger partial charge in [-0.15, -0.1) is 0 Å². The minimum Gasteiger partial charge on any atom is -0.462 e. The van der Waals surface area contributed by atoms with Crippen LogP contribution >= 0.6 is 0 Å². The molecule has 2 saturated carbocycles. The minimum absolute atomic E-state index is 0.00266. The number of carbonyl (C=O) groups excluding carboxylic acids is 1. The zero-order chi connectivity index (χ0) is 18.6. The standard InChI is InChI=1S/C23H31NO3/c1-15-7-6-11-22(2)13-18-19(20-23(15,22)27-20)17(21(25)26-18)14-24-12-10-16-8-4-3-5-9-16/h3-5,8-9,15,17-20,24H,6-7,10-14H2,1-2H3/t15-,17-,18-,19+,20-,22+,23+/m1/s1. The van der Waals surface area contributed by atoms with Crippen LogP contribution in [-0.2, 0) is 20.7 Å². The van der Waals surface area contributed by atoms with Crippen molar-refractivity contribution in [1.29, 1.82) is 0 Å². The predicted octanol–water partition coefficient (Wildman–Crippen LogP) is 3.34. The van der Waals surface area contributed by atoms with E-state index in [-0.39, 0.29) is 41.0 Å². The van der Waals surface area contributed by atoms with Crippen LogP contribution in [0.1, 0.15) is 45.1 Å². The Morgan fingerprint density at radius 1 is 1.26 bits per heavy atom. The van der Waals surface area contributed by atoms with Crippen molar-refractivity contribution in [3.8, 4) is 0 Å². The van der Waals surface area contributed by atoms with Crippen LogP contribution in [0.25, 0.3) is 0 Å². The maximum absolute atomic E-state index is 12.6. The third kappa shape index (κ3) is 2.60. The van der Waals surface area contributed by atoms with Gasteiger partial charge in [0, 0.05) is 17.9 Å². The highest BCUT2D eigenvalue weighted by atomic mass is 16.6. The lowest BCUT2D eigenvalue weighted by Crippen LogP contribution is -2.54. The molecule has 4 aliphatic rings. The highest BCUT2D eigenvalue weighted by Crippen LogP contribution is 2.70. The fourth-order valence-corrected chi connectivity index (χ4v) is 6.60. The lowest BCUT2D eigenvalue weighted by Gasteiger charge is -2.48. The van der Waals surface area contributed by atoms with E-state index in [2.05, 4.69) is 43.4 Å². The van der Waals surface area contributed by atoms with Crippen molar-refractivity contribution in [2.45, 2.75) is 63.8 Å². The molecule has 0 unspecified atom stereocenters. The Morgan fingerprint density at radius 3 is 2.89 bits per heavy atom. The Morgan fingerprint density at radius 2 is 2.07 bits per heavy atom. The van der Waals surface area contributed by atoms with Crippen LogP contribution < -0.4 is 5.32 Å². The van der Waals surface area contributed by atoms with Crippen molar-refractivity contribution >= 4 is 5.97 Å². The van der Waals surface area contributed by atoms with Gasteiger partial charge in [0.25, 0.3) is 0 Å². The molecule has 7 atom stereocenters. The number of nitrogens with one attached hydrogen (secondary N) is 1. The van der Waals surface area contributed by atoms with Crippen molar-refractivity contribution in [3.05, 3.63) is 35.9 Å². The van der Waals surface area contributed by atoms with E-state index in [1.54, 1.807) is 0 Å². The van der Waals surface area contributed by atoms with Crippen molar-refractivity contribution in [2.24, 2.45) is 23.2 Å². The SMILES string of the molecule is C[C@@H]1CCC[C@@]2(C)C[C@H]3OC(=O)[C@H](CNCCc4ccccc4)[C@@H]3[C@H]3O[C@@]132. The van der Waals surface area contributed by atoms with Crippen molar-refractivity contribution < 1.29 is 14.3 Å². The Bertz CT molecular complexity index is 722. The van der Waals surface area contributed by atoms with Gasteiger partial charge in [-0.25, -0.2) is 0 Å². The van der Waals surface area contributed by atoms with Crippen LogP contribution in [0.5, 0.6) is 0 Å². The summed E-state index contributed by atoms with van der Waals surface area (Å²) in [7, 11) is 0. The second kappa shape index (κ2) is 6.31. The van der Waals surface area contributed by atoms with Crippen LogP contribution in [0.4, 0.5) is 0 Å². The molecule has 4 heteroatoms. The van der Waals surface area contributed by atoms with E-state index in [4.69, 9.17) is 9.47 Å². The molecule has 0 amide bonds. The molecule has 2 heterocycles. The van der Waals surface area contributed by atoms with Gasteiger partial charge in [0.1, 0.15) is 11.7 Å².